The minimum absolute atomic E-state index is 0.0184. The normalized spacial score (nSPS) is 16.9. The Morgan fingerprint density at radius 2 is 2.07 bits per heavy atom. The zero-order valence-corrected chi connectivity index (χ0v) is 17.7. The van der Waals surface area contributed by atoms with Gasteiger partial charge < -0.3 is 14.8 Å². The van der Waals surface area contributed by atoms with E-state index in [1.54, 1.807) is 7.11 Å². The SMILES string of the molecule is COc1ccc(-c2nnc(SCC(=O)NC(C)(C)C)n2C[C@@H]2CCCO2)cc1. The Labute approximate surface area is 170 Å². The van der Waals surface area contributed by atoms with Crippen LogP contribution in [0.5, 0.6) is 5.75 Å². The number of nitrogens with one attached hydrogen (secondary N) is 1. The first-order valence-electron chi connectivity index (χ1n) is 9.49. The largest absolute Gasteiger partial charge is 0.497 e. The van der Waals surface area contributed by atoms with Crippen LogP contribution in [0.4, 0.5) is 0 Å². The molecule has 1 atom stereocenters. The zero-order chi connectivity index (χ0) is 20.1. The summed E-state index contributed by atoms with van der Waals surface area (Å²) in [6.45, 7) is 7.38. The molecule has 1 aromatic carbocycles. The van der Waals surface area contributed by atoms with E-state index in [9.17, 15) is 4.79 Å². The lowest BCUT2D eigenvalue weighted by Gasteiger charge is -2.20. The minimum atomic E-state index is -0.253. The summed E-state index contributed by atoms with van der Waals surface area (Å²) < 4.78 is 13.1. The maximum atomic E-state index is 12.2. The summed E-state index contributed by atoms with van der Waals surface area (Å²) in [5, 5.41) is 12.5. The summed E-state index contributed by atoms with van der Waals surface area (Å²) in [7, 11) is 1.65. The molecule has 7 nitrogen and oxygen atoms in total. The third kappa shape index (κ3) is 5.48. The number of benzene rings is 1. The van der Waals surface area contributed by atoms with Gasteiger partial charge in [0.1, 0.15) is 5.75 Å². The standard InChI is InChI=1S/C20H28N4O3S/c1-20(2,3)21-17(25)13-28-19-23-22-18(14-7-9-15(26-4)10-8-14)24(19)12-16-6-5-11-27-16/h7-10,16H,5-6,11-13H2,1-4H3,(H,21,25)/t16-/m0/s1. The molecular formula is C20H28N4O3S. The van der Waals surface area contributed by atoms with E-state index >= 15 is 0 Å². The number of rotatable bonds is 7. The van der Waals surface area contributed by atoms with Crippen molar-refractivity contribution in [3.63, 3.8) is 0 Å². The van der Waals surface area contributed by atoms with Crippen LogP contribution in [0.25, 0.3) is 11.4 Å². The summed E-state index contributed by atoms with van der Waals surface area (Å²) in [6.07, 6.45) is 2.24. The van der Waals surface area contributed by atoms with E-state index in [4.69, 9.17) is 9.47 Å². The van der Waals surface area contributed by atoms with Gasteiger partial charge in [0.15, 0.2) is 11.0 Å². The van der Waals surface area contributed by atoms with E-state index in [1.807, 2.05) is 45.0 Å². The molecule has 1 aliphatic heterocycles. The lowest BCUT2D eigenvalue weighted by Crippen LogP contribution is -2.41. The number of hydrogen-bond donors (Lipinski definition) is 1. The van der Waals surface area contributed by atoms with Crippen molar-refractivity contribution in [2.45, 2.75) is 57.0 Å². The Hall–Kier alpha value is -2.06. The van der Waals surface area contributed by atoms with Gasteiger partial charge in [0.05, 0.1) is 25.5 Å². The molecule has 28 heavy (non-hydrogen) atoms. The van der Waals surface area contributed by atoms with Crippen LogP contribution in [0.2, 0.25) is 0 Å². The average molecular weight is 405 g/mol. The van der Waals surface area contributed by atoms with Gasteiger partial charge >= 0.3 is 0 Å². The molecular weight excluding hydrogens is 376 g/mol. The summed E-state index contributed by atoms with van der Waals surface area (Å²) in [6, 6.07) is 7.75. The number of ether oxygens (including phenoxy) is 2. The van der Waals surface area contributed by atoms with Gasteiger partial charge in [-0.15, -0.1) is 10.2 Å². The third-order valence-electron chi connectivity index (χ3n) is 4.32. The van der Waals surface area contributed by atoms with Crippen LogP contribution in [-0.4, -0.2) is 51.8 Å². The van der Waals surface area contributed by atoms with E-state index in [-0.39, 0.29) is 17.6 Å². The first-order valence-corrected chi connectivity index (χ1v) is 10.5. The Kier molecular flexibility index (Phi) is 6.61. The second-order valence-corrected chi connectivity index (χ2v) is 8.81. The highest BCUT2D eigenvalue weighted by molar-refractivity contribution is 7.99. The fourth-order valence-corrected chi connectivity index (χ4v) is 3.84. The molecule has 2 aromatic rings. The second kappa shape index (κ2) is 8.96. The smallest absolute Gasteiger partial charge is 0.230 e. The number of methoxy groups -OCH3 is 1. The number of carbonyl (C=O) groups is 1. The fraction of sp³-hybridized carbons (Fsp3) is 0.550. The van der Waals surface area contributed by atoms with Crippen LogP contribution in [-0.2, 0) is 16.1 Å². The highest BCUT2D eigenvalue weighted by Gasteiger charge is 2.23. The van der Waals surface area contributed by atoms with Gasteiger partial charge in [0.2, 0.25) is 5.91 Å². The Morgan fingerprint density at radius 1 is 1.32 bits per heavy atom. The Balaban J connectivity index is 1.80. The molecule has 0 radical (unpaired) electrons. The molecule has 1 fully saturated rings. The molecule has 0 bridgehead atoms. The molecule has 1 N–H and O–H groups in total. The molecule has 1 saturated heterocycles. The molecule has 0 aliphatic carbocycles. The van der Waals surface area contributed by atoms with E-state index in [0.29, 0.717) is 12.3 Å². The van der Waals surface area contributed by atoms with Crippen molar-refractivity contribution in [3.05, 3.63) is 24.3 Å². The van der Waals surface area contributed by atoms with Gasteiger partial charge in [-0.25, -0.2) is 0 Å². The van der Waals surface area contributed by atoms with E-state index in [0.717, 1.165) is 41.7 Å². The molecule has 1 aromatic heterocycles. The summed E-state index contributed by atoms with van der Waals surface area (Å²) in [5.41, 5.74) is 0.703. The lowest BCUT2D eigenvalue weighted by atomic mass is 10.1. The van der Waals surface area contributed by atoms with E-state index < -0.39 is 0 Å². The van der Waals surface area contributed by atoms with Crippen LogP contribution in [0.3, 0.4) is 0 Å². The average Bonchev–Trinajstić information content (AvgIpc) is 3.29. The topological polar surface area (TPSA) is 78.3 Å². The first kappa shape index (κ1) is 20.7. The third-order valence-corrected chi connectivity index (χ3v) is 5.29. The van der Waals surface area contributed by atoms with E-state index in [2.05, 4.69) is 20.1 Å². The van der Waals surface area contributed by atoms with Crippen LogP contribution in [0.15, 0.2) is 29.4 Å². The minimum Gasteiger partial charge on any atom is -0.497 e. The summed E-state index contributed by atoms with van der Waals surface area (Å²) in [4.78, 5) is 12.2. The van der Waals surface area contributed by atoms with Gasteiger partial charge in [-0.1, -0.05) is 11.8 Å². The van der Waals surface area contributed by atoms with Crippen LogP contribution < -0.4 is 10.1 Å². The van der Waals surface area contributed by atoms with Crippen molar-refractivity contribution in [3.8, 4) is 17.1 Å². The predicted octanol–water partition coefficient (Wildman–Crippen LogP) is 3.14. The van der Waals surface area contributed by atoms with Gasteiger partial charge in [-0.3, -0.25) is 9.36 Å². The summed E-state index contributed by atoms with van der Waals surface area (Å²) in [5.74, 6) is 1.85. The lowest BCUT2D eigenvalue weighted by molar-refractivity contribution is -0.119. The molecule has 0 spiro atoms. The predicted molar refractivity (Wildman–Crippen MR) is 110 cm³/mol. The Bertz CT molecular complexity index is 793. The number of thioether (sulfide) groups is 1. The maximum Gasteiger partial charge on any atom is 0.230 e. The van der Waals surface area contributed by atoms with Crippen molar-refractivity contribution in [1.29, 1.82) is 0 Å². The molecule has 1 aliphatic rings. The Morgan fingerprint density at radius 3 is 2.68 bits per heavy atom. The molecule has 2 heterocycles. The van der Waals surface area contributed by atoms with Gasteiger partial charge in [0, 0.05) is 17.7 Å². The monoisotopic (exact) mass is 404 g/mol. The van der Waals surface area contributed by atoms with Gasteiger partial charge in [-0.05, 0) is 57.9 Å². The van der Waals surface area contributed by atoms with Crippen molar-refractivity contribution in [2.24, 2.45) is 0 Å². The van der Waals surface area contributed by atoms with Crippen molar-refractivity contribution in [1.82, 2.24) is 20.1 Å². The maximum absolute atomic E-state index is 12.2. The first-order chi connectivity index (χ1) is 13.4. The molecule has 0 unspecified atom stereocenters. The summed E-state index contributed by atoms with van der Waals surface area (Å²) >= 11 is 1.40. The molecule has 0 saturated carbocycles. The number of carbonyl (C=O) groups excluding carboxylic acids is 1. The second-order valence-electron chi connectivity index (χ2n) is 7.87. The van der Waals surface area contributed by atoms with Crippen molar-refractivity contribution >= 4 is 17.7 Å². The zero-order valence-electron chi connectivity index (χ0n) is 16.9. The number of hydrogen-bond acceptors (Lipinski definition) is 6. The van der Waals surface area contributed by atoms with Gasteiger partial charge in [0.25, 0.3) is 0 Å². The molecule has 8 heteroatoms. The number of amides is 1. The fourth-order valence-electron chi connectivity index (χ4n) is 3.09. The quantitative estimate of drug-likeness (QED) is 0.715. The molecule has 3 rings (SSSR count). The molecule has 152 valence electrons. The van der Waals surface area contributed by atoms with Crippen molar-refractivity contribution < 1.29 is 14.3 Å². The van der Waals surface area contributed by atoms with Crippen molar-refractivity contribution in [2.75, 3.05) is 19.5 Å². The number of aromatic nitrogens is 3. The van der Waals surface area contributed by atoms with Crippen LogP contribution >= 0.6 is 11.8 Å². The van der Waals surface area contributed by atoms with E-state index in [1.165, 1.54) is 11.8 Å². The van der Waals surface area contributed by atoms with Crippen LogP contribution in [0, 0.1) is 0 Å². The molecule has 1 amide bonds. The highest BCUT2D eigenvalue weighted by Crippen LogP contribution is 2.27. The van der Waals surface area contributed by atoms with Gasteiger partial charge in [-0.2, -0.15) is 0 Å². The number of nitrogens with zero attached hydrogens (tertiary/aromatic N) is 3. The highest BCUT2D eigenvalue weighted by atomic mass is 32.2. The van der Waals surface area contributed by atoms with Crippen LogP contribution in [0.1, 0.15) is 33.6 Å².